The molecular weight excluding hydrogens is 300 g/mol. The van der Waals surface area contributed by atoms with E-state index in [9.17, 15) is 0 Å². The lowest BCUT2D eigenvalue weighted by Gasteiger charge is -2.39. The van der Waals surface area contributed by atoms with Gasteiger partial charge in [-0.15, -0.1) is 0 Å². The van der Waals surface area contributed by atoms with E-state index in [-0.39, 0.29) is 12.2 Å². The van der Waals surface area contributed by atoms with Gasteiger partial charge >= 0.3 is 0 Å². The lowest BCUT2D eigenvalue weighted by atomic mass is 10.0. The van der Waals surface area contributed by atoms with Gasteiger partial charge in [-0.1, -0.05) is 49.3 Å². The van der Waals surface area contributed by atoms with Crippen molar-refractivity contribution in [1.82, 2.24) is 10.1 Å². The molecule has 2 aliphatic rings. The molecule has 0 bridgehead atoms. The Morgan fingerprint density at radius 2 is 1.96 bits per heavy atom. The molecule has 4 rings (SSSR count). The van der Waals surface area contributed by atoms with Crippen molar-refractivity contribution >= 4 is 0 Å². The molecule has 128 valence electrons. The van der Waals surface area contributed by atoms with Crippen LogP contribution in [0.3, 0.4) is 0 Å². The molecule has 4 nitrogen and oxygen atoms in total. The average Bonchev–Trinajstić information content (AvgIpc) is 3.35. The molecular formula is C20H26N2O2. The molecule has 24 heavy (non-hydrogen) atoms. The van der Waals surface area contributed by atoms with E-state index in [0.29, 0.717) is 11.8 Å². The summed E-state index contributed by atoms with van der Waals surface area (Å²) in [7, 11) is 0. The van der Waals surface area contributed by atoms with Crippen LogP contribution >= 0.6 is 0 Å². The van der Waals surface area contributed by atoms with E-state index < -0.39 is 0 Å². The van der Waals surface area contributed by atoms with Gasteiger partial charge in [0.05, 0.1) is 17.9 Å². The Balaban J connectivity index is 1.48. The van der Waals surface area contributed by atoms with Crippen molar-refractivity contribution in [2.45, 2.75) is 51.4 Å². The number of benzene rings is 1. The zero-order chi connectivity index (χ0) is 16.5. The highest BCUT2D eigenvalue weighted by Crippen LogP contribution is 2.40. The molecule has 1 aliphatic carbocycles. The van der Waals surface area contributed by atoms with Crippen molar-refractivity contribution in [3.05, 3.63) is 53.4 Å². The minimum absolute atomic E-state index is 0.127. The van der Waals surface area contributed by atoms with Crippen molar-refractivity contribution in [2.75, 3.05) is 13.1 Å². The van der Waals surface area contributed by atoms with Gasteiger partial charge in [0, 0.05) is 31.6 Å². The first kappa shape index (κ1) is 15.9. The number of rotatable bonds is 5. The second kappa shape index (κ2) is 6.69. The molecule has 2 aromatic rings. The summed E-state index contributed by atoms with van der Waals surface area (Å²) in [4.78, 5) is 2.46. The van der Waals surface area contributed by atoms with Crippen LogP contribution in [-0.4, -0.2) is 29.3 Å². The van der Waals surface area contributed by atoms with E-state index in [4.69, 9.17) is 9.26 Å². The number of morpholine rings is 1. The van der Waals surface area contributed by atoms with E-state index in [1.807, 2.05) is 0 Å². The molecule has 1 saturated heterocycles. The lowest BCUT2D eigenvalue weighted by molar-refractivity contribution is -0.108. The molecule has 0 amide bonds. The Morgan fingerprint density at radius 1 is 1.17 bits per heavy atom. The summed E-state index contributed by atoms with van der Waals surface area (Å²) in [6.45, 7) is 7.16. The molecule has 0 radical (unpaired) electrons. The predicted octanol–water partition coefficient (Wildman–Crippen LogP) is 4.15. The third-order valence-corrected chi connectivity index (χ3v) is 5.06. The molecule has 1 saturated carbocycles. The third kappa shape index (κ3) is 3.55. The quantitative estimate of drug-likeness (QED) is 0.827. The highest BCUT2D eigenvalue weighted by Gasteiger charge is 2.32. The first-order valence-corrected chi connectivity index (χ1v) is 9.07. The molecule has 1 aliphatic heterocycles. The normalized spacial score (nSPS) is 25.3. The van der Waals surface area contributed by atoms with Crippen molar-refractivity contribution in [3.63, 3.8) is 0 Å². The molecule has 2 fully saturated rings. The topological polar surface area (TPSA) is 38.5 Å². The SMILES string of the molecule is CC(C)[C@H]1CN(Cc2cc(C3CC3)on2)C[C@@H](c2ccccc2)O1. The zero-order valence-electron chi connectivity index (χ0n) is 14.5. The number of nitrogens with zero attached hydrogens (tertiary/aromatic N) is 2. The Bertz CT molecular complexity index is 663. The molecule has 2 atom stereocenters. The number of aromatic nitrogens is 1. The second-order valence-corrected chi connectivity index (χ2v) is 7.51. The van der Waals surface area contributed by atoms with Gasteiger partial charge in [0.2, 0.25) is 0 Å². The van der Waals surface area contributed by atoms with E-state index in [1.54, 1.807) is 0 Å². The number of hydrogen-bond acceptors (Lipinski definition) is 4. The Kier molecular flexibility index (Phi) is 4.42. The predicted molar refractivity (Wildman–Crippen MR) is 92.6 cm³/mol. The van der Waals surface area contributed by atoms with Crippen LogP contribution < -0.4 is 0 Å². The Hall–Kier alpha value is -1.65. The Morgan fingerprint density at radius 3 is 2.67 bits per heavy atom. The minimum atomic E-state index is 0.127. The van der Waals surface area contributed by atoms with Crippen molar-refractivity contribution in [2.24, 2.45) is 5.92 Å². The Labute approximate surface area is 143 Å². The first-order valence-electron chi connectivity index (χ1n) is 9.07. The maximum absolute atomic E-state index is 6.37. The second-order valence-electron chi connectivity index (χ2n) is 7.51. The third-order valence-electron chi connectivity index (χ3n) is 5.06. The van der Waals surface area contributed by atoms with Gasteiger partial charge in [-0.05, 0) is 24.3 Å². The zero-order valence-corrected chi connectivity index (χ0v) is 14.5. The van der Waals surface area contributed by atoms with Crippen molar-refractivity contribution in [3.8, 4) is 0 Å². The number of ether oxygens (including phenoxy) is 1. The largest absolute Gasteiger partial charge is 0.367 e. The smallest absolute Gasteiger partial charge is 0.140 e. The summed E-state index contributed by atoms with van der Waals surface area (Å²) in [6, 6.07) is 12.7. The summed E-state index contributed by atoms with van der Waals surface area (Å²) in [5, 5.41) is 4.28. The van der Waals surface area contributed by atoms with Crippen LogP contribution in [0.2, 0.25) is 0 Å². The van der Waals surface area contributed by atoms with Crippen LogP contribution in [-0.2, 0) is 11.3 Å². The van der Waals surface area contributed by atoms with Gasteiger partial charge in [0.25, 0.3) is 0 Å². The first-order chi connectivity index (χ1) is 11.7. The molecule has 2 heterocycles. The average molecular weight is 326 g/mol. The summed E-state index contributed by atoms with van der Waals surface area (Å²) in [5.41, 5.74) is 2.31. The van der Waals surface area contributed by atoms with E-state index >= 15 is 0 Å². The highest BCUT2D eigenvalue weighted by molar-refractivity contribution is 5.19. The maximum Gasteiger partial charge on any atom is 0.140 e. The van der Waals surface area contributed by atoms with Gasteiger partial charge in [0.1, 0.15) is 5.76 Å². The summed E-state index contributed by atoms with van der Waals surface area (Å²) < 4.78 is 11.9. The molecule has 4 heteroatoms. The van der Waals surface area contributed by atoms with Crippen LogP contribution in [0.25, 0.3) is 0 Å². The van der Waals surface area contributed by atoms with Crippen molar-refractivity contribution in [1.29, 1.82) is 0 Å². The molecule has 1 aromatic heterocycles. The maximum atomic E-state index is 6.37. The van der Waals surface area contributed by atoms with Crippen LogP contribution in [0, 0.1) is 5.92 Å². The van der Waals surface area contributed by atoms with Gasteiger partial charge < -0.3 is 9.26 Å². The minimum Gasteiger partial charge on any atom is -0.367 e. The van der Waals surface area contributed by atoms with Gasteiger partial charge in [-0.25, -0.2) is 0 Å². The summed E-state index contributed by atoms with van der Waals surface area (Å²) >= 11 is 0. The van der Waals surface area contributed by atoms with Crippen LogP contribution in [0.4, 0.5) is 0 Å². The van der Waals surface area contributed by atoms with Gasteiger partial charge in [0.15, 0.2) is 0 Å². The highest BCUT2D eigenvalue weighted by atomic mass is 16.5. The monoisotopic (exact) mass is 326 g/mol. The van der Waals surface area contributed by atoms with Crippen LogP contribution in [0.5, 0.6) is 0 Å². The lowest BCUT2D eigenvalue weighted by Crippen LogP contribution is -2.45. The molecule has 0 unspecified atom stereocenters. The molecule has 0 spiro atoms. The summed E-state index contributed by atoms with van der Waals surface area (Å²) in [5.74, 6) is 2.19. The standard InChI is InChI=1S/C20H26N2O2/c1-14(2)19-12-22(11-17-10-18(24-21-17)16-8-9-16)13-20(23-19)15-6-4-3-5-7-15/h3-7,10,14,16,19-20H,8-9,11-13H2,1-2H3/t19-,20+/m1/s1. The van der Waals surface area contributed by atoms with E-state index in [1.165, 1.54) is 18.4 Å². The molecule has 1 aromatic carbocycles. The number of hydrogen-bond donors (Lipinski definition) is 0. The van der Waals surface area contributed by atoms with Crippen LogP contribution in [0.1, 0.15) is 55.7 Å². The fraction of sp³-hybridized carbons (Fsp3) is 0.550. The van der Waals surface area contributed by atoms with Crippen molar-refractivity contribution < 1.29 is 9.26 Å². The van der Waals surface area contributed by atoms with Crippen LogP contribution in [0.15, 0.2) is 40.9 Å². The van der Waals surface area contributed by atoms with Gasteiger partial charge in [-0.3, -0.25) is 4.90 Å². The summed E-state index contributed by atoms with van der Waals surface area (Å²) in [6.07, 6.45) is 2.87. The van der Waals surface area contributed by atoms with E-state index in [2.05, 4.69) is 60.3 Å². The molecule has 0 N–H and O–H groups in total. The fourth-order valence-electron chi connectivity index (χ4n) is 3.40. The fourth-order valence-corrected chi connectivity index (χ4v) is 3.40. The van der Waals surface area contributed by atoms with Gasteiger partial charge in [-0.2, -0.15) is 0 Å². The van der Waals surface area contributed by atoms with E-state index in [0.717, 1.165) is 31.1 Å².